The molecule has 6 heteroatoms. The summed E-state index contributed by atoms with van der Waals surface area (Å²) in [6.45, 7) is 0. The number of rotatable bonds is 3. The first-order chi connectivity index (χ1) is 6.69. The molecule has 0 fully saturated rings. The zero-order valence-electron chi connectivity index (χ0n) is 7.37. The smallest absolute Gasteiger partial charge is 0.253 e. The number of hydrogen-bond donors (Lipinski definition) is 2. The van der Waals surface area contributed by atoms with E-state index in [1.165, 1.54) is 19.2 Å². The largest absolute Gasteiger partial charge is 0.355 e. The number of hydrogen-bond acceptors (Lipinski definition) is 3. The second-order valence-electron chi connectivity index (χ2n) is 2.48. The van der Waals surface area contributed by atoms with E-state index in [-0.39, 0.29) is 11.3 Å². The molecular weight excluding hydrogens is 189 g/mol. The van der Waals surface area contributed by atoms with Crippen molar-refractivity contribution in [2.45, 2.75) is 0 Å². The van der Waals surface area contributed by atoms with E-state index in [1.54, 1.807) is 0 Å². The maximum atomic E-state index is 13.2. The van der Waals surface area contributed by atoms with Crippen molar-refractivity contribution in [3.05, 3.63) is 34.5 Å². The molecule has 0 aliphatic carbocycles. The monoisotopic (exact) mass is 197 g/mol. The number of carbonyl (C=O) groups excluding carboxylic acids is 1. The minimum absolute atomic E-state index is 0.0797. The molecule has 0 aliphatic rings. The van der Waals surface area contributed by atoms with Gasteiger partial charge in [-0.15, -0.1) is 4.91 Å². The van der Waals surface area contributed by atoms with Crippen molar-refractivity contribution in [1.82, 2.24) is 5.32 Å². The molecule has 14 heavy (non-hydrogen) atoms. The summed E-state index contributed by atoms with van der Waals surface area (Å²) >= 11 is 0. The van der Waals surface area contributed by atoms with Gasteiger partial charge < -0.3 is 5.32 Å². The van der Waals surface area contributed by atoms with Crippen LogP contribution in [-0.4, -0.2) is 13.0 Å². The highest BCUT2D eigenvalue weighted by Gasteiger charge is 2.09. The molecule has 0 bridgehead atoms. The van der Waals surface area contributed by atoms with Crippen LogP contribution in [0.2, 0.25) is 0 Å². The van der Waals surface area contributed by atoms with E-state index in [0.717, 1.165) is 6.07 Å². The Morgan fingerprint density at radius 3 is 2.71 bits per heavy atom. The Bertz CT molecular complexity index is 368. The van der Waals surface area contributed by atoms with Crippen LogP contribution in [0.15, 0.2) is 23.5 Å². The molecule has 2 N–H and O–H groups in total. The summed E-state index contributed by atoms with van der Waals surface area (Å²) < 4.78 is 13.2. The normalized spacial score (nSPS) is 9.29. The molecule has 0 heterocycles. The first kappa shape index (κ1) is 10.1. The second kappa shape index (κ2) is 4.31. The van der Waals surface area contributed by atoms with E-state index in [4.69, 9.17) is 0 Å². The molecule has 5 nitrogen and oxygen atoms in total. The van der Waals surface area contributed by atoms with Crippen molar-refractivity contribution in [1.29, 1.82) is 0 Å². The molecule has 74 valence electrons. The topological polar surface area (TPSA) is 70.6 Å². The Labute approximate surface area is 79.3 Å². The standard InChI is InChI=1S/C8H8FN3O2/c1-10-8(13)6-3-2-5(11-12-14)4-7(6)9/h2-4H,1H3,(H,10,13)(H,11,14). The summed E-state index contributed by atoms with van der Waals surface area (Å²) in [6.07, 6.45) is 0. The van der Waals surface area contributed by atoms with Crippen LogP contribution < -0.4 is 10.7 Å². The van der Waals surface area contributed by atoms with Crippen molar-refractivity contribution in [2.75, 3.05) is 12.5 Å². The quantitative estimate of drug-likeness (QED) is 0.566. The van der Waals surface area contributed by atoms with Gasteiger partial charge in [-0.3, -0.25) is 4.79 Å². The third-order valence-electron chi connectivity index (χ3n) is 1.62. The van der Waals surface area contributed by atoms with E-state index >= 15 is 0 Å². The van der Waals surface area contributed by atoms with Gasteiger partial charge in [0.1, 0.15) is 5.82 Å². The van der Waals surface area contributed by atoms with Crippen LogP contribution in [0.5, 0.6) is 0 Å². The zero-order chi connectivity index (χ0) is 10.6. The number of nitrogens with zero attached hydrogens (tertiary/aromatic N) is 1. The molecule has 0 aromatic heterocycles. The lowest BCUT2D eigenvalue weighted by Gasteiger charge is -2.02. The minimum Gasteiger partial charge on any atom is -0.355 e. The summed E-state index contributed by atoms with van der Waals surface area (Å²) in [7, 11) is 1.40. The fraction of sp³-hybridized carbons (Fsp3) is 0.125. The van der Waals surface area contributed by atoms with Crippen molar-refractivity contribution in [3.8, 4) is 0 Å². The van der Waals surface area contributed by atoms with Gasteiger partial charge in [-0.05, 0) is 18.2 Å². The predicted molar refractivity (Wildman–Crippen MR) is 49.2 cm³/mol. The van der Waals surface area contributed by atoms with Crippen LogP contribution in [0.1, 0.15) is 10.4 Å². The summed E-state index contributed by atoms with van der Waals surface area (Å²) in [5, 5.41) is 4.66. The van der Waals surface area contributed by atoms with Crippen molar-refractivity contribution in [2.24, 2.45) is 5.29 Å². The van der Waals surface area contributed by atoms with Gasteiger partial charge >= 0.3 is 0 Å². The fourth-order valence-electron chi connectivity index (χ4n) is 0.956. The number of halogens is 1. The highest BCUT2D eigenvalue weighted by atomic mass is 19.1. The summed E-state index contributed by atoms with van der Waals surface area (Å²) in [5.41, 5.74) is 2.15. The van der Waals surface area contributed by atoms with Gasteiger partial charge in [0.15, 0.2) is 0 Å². The second-order valence-corrected chi connectivity index (χ2v) is 2.48. The highest BCUT2D eigenvalue weighted by Crippen LogP contribution is 2.14. The van der Waals surface area contributed by atoms with Crippen LogP contribution in [0, 0.1) is 10.7 Å². The number of amides is 1. The number of nitroso groups, excluding NO2 is 1. The average molecular weight is 197 g/mol. The Morgan fingerprint density at radius 1 is 1.50 bits per heavy atom. The number of nitrogens with one attached hydrogen (secondary N) is 2. The lowest BCUT2D eigenvalue weighted by molar-refractivity contribution is 0.0959. The van der Waals surface area contributed by atoms with Crippen LogP contribution in [-0.2, 0) is 0 Å². The van der Waals surface area contributed by atoms with Gasteiger partial charge in [-0.2, -0.15) is 0 Å². The molecular formula is C8H8FN3O2. The minimum atomic E-state index is -0.710. The Morgan fingerprint density at radius 2 is 2.21 bits per heavy atom. The number of anilines is 1. The molecule has 0 spiro atoms. The molecule has 0 unspecified atom stereocenters. The van der Waals surface area contributed by atoms with Gasteiger partial charge in [0, 0.05) is 7.05 Å². The van der Waals surface area contributed by atoms with Gasteiger partial charge in [0.05, 0.1) is 16.5 Å². The van der Waals surface area contributed by atoms with E-state index < -0.39 is 11.7 Å². The van der Waals surface area contributed by atoms with E-state index in [1.807, 2.05) is 5.43 Å². The number of benzene rings is 1. The molecule has 0 radical (unpaired) electrons. The van der Waals surface area contributed by atoms with Crippen LogP contribution in [0.4, 0.5) is 10.1 Å². The summed E-state index contributed by atoms with van der Waals surface area (Å²) in [4.78, 5) is 20.8. The first-order valence-corrected chi connectivity index (χ1v) is 3.79. The van der Waals surface area contributed by atoms with Crippen molar-refractivity contribution >= 4 is 11.6 Å². The summed E-state index contributed by atoms with van der Waals surface area (Å²) in [5.74, 6) is -1.23. The molecule has 0 aliphatic heterocycles. The molecule has 1 aromatic carbocycles. The molecule has 1 rings (SSSR count). The van der Waals surface area contributed by atoms with Crippen molar-refractivity contribution < 1.29 is 9.18 Å². The SMILES string of the molecule is CNC(=O)c1ccc(NN=O)cc1F. The fourth-order valence-corrected chi connectivity index (χ4v) is 0.956. The van der Waals surface area contributed by atoms with Crippen LogP contribution in [0.3, 0.4) is 0 Å². The van der Waals surface area contributed by atoms with E-state index in [2.05, 4.69) is 10.6 Å². The molecule has 0 saturated carbocycles. The van der Waals surface area contributed by atoms with Gasteiger partial charge in [0.25, 0.3) is 5.91 Å². The Hall–Kier alpha value is -1.98. The Kier molecular flexibility index (Phi) is 3.11. The van der Waals surface area contributed by atoms with Crippen LogP contribution in [0.25, 0.3) is 0 Å². The third kappa shape index (κ3) is 2.03. The van der Waals surface area contributed by atoms with Gasteiger partial charge in [0.2, 0.25) is 0 Å². The molecule has 0 atom stereocenters. The van der Waals surface area contributed by atoms with Gasteiger partial charge in [-0.25, -0.2) is 9.82 Å². The average Bonchev–Trinajstić information content (AvgIpc) is 2.17. The summed E-state index contributed by atoms with van der Waals surface area (Å²) in [6, 6.07) is 3.67. The van der Waals surface area contributed by atoms with E-state index in [9.17, 15) is 14.1 Å². The predicted octanol–water partition coefficient (Wildman–Crippen LogP) is 1.28. The lowest BCUT2D eigenvalue weighted by Crippen LogP contribution is -2.19. The molecule has 1 aromatic rings. The zero-order valence-corrected chi connectivity index (χ0v) is 7.37. The maximum Gasteiger partial charge on any atom is 0.253 e. The van der Waals surface area contributed by atoms with Crippen LogP contribution >= 0.6 is 0 Å². The Balaban J connectivity index is 3.00. The number of carbonyl (C=O) groups is 1. The highest BCUT2D eigenvalue weighted by molar-refractivity contribution is 5.94. The van der Waals surface area contributed by atoms with Gasteiger partial charge in [-0.1, -0.05) is 0 Å². The van der Waals surface area contributed by atoms with Crippen molar-refractivity contribution in [3.63, 3.8) is 0 Å². The maximum absolute atomic E-state index is 13.2. The third-order valence-corrected chi connectivity index (χ3v) is 1.62. The lowest BCUT2D eigenvalue weighted by atomic mass is 10.2. The molecule has 0 saturated heterocycles. The first-order valence-electron chi connectivity index (χ1n) is 3.79. The molecule has 1 amide bonds. The van der Waals surface area contributed by atoms with E-state index in [0.29, 0.717) is 0 Å².